The largest absolute Gasteiger partial charge is 0.306 e. The predicted octanol–water partition coefficient (Wildman–Crippen LogP) is 2.26. The minimum absolute atomic E-state index is 0.0570. The standard InChI is InChI=1S/C16H26N2O2S/c1-13(2)12-14-4-6-16(7-5-14)21(19,20)17-15-8-10-18(3)11-9-15/h4-7,13,15,17H,8-12H2,1-3H3. The highest BCUT2D eigenvalue weighted by Gasteiger charge is 2.23. The molecular formula is C16H26N2O2S. The van der Waals surface area contributed by atoms with Crippen molar-refractivity contribution in [1.82, 2.24) is 9.62 Å². The lowest BCUT2D eigenvalue weighted by molar-refractivity contribution is 0.248. The zero-order chi connectivity index (χ0) is 15.5. The van der Waals surface area contributed by atoms with Crippen LogP contribution in [0.3, 0.4) is 0 Å². The fraction of sp³-hybridized carbons (Fsp3) is 0.625. The van der Waals surface area contributed by atoms with Gasteiger partial charge in [0.2, 0.25) is 10.0 Å². The molecule has 118 valence electrons. The summed E-state index contributed by atoms with van der Waals surface area (Å²) < 4.78 is 27.6. The molecule has 0 aromatic heterocycles. The van der Waals surface area contributed by atoms with E-state index in [9.17, 15) is 8.42 Å². The van der Waals surface area contributed by atoms with Crippen LogP contribution in [0.25, 0.3) is 0 Å². The lowest BCUT2D eigenvalue weighted by Gasteiger charge is -2.29. The topological polar surface area (TPSA) is 49.4 Å². The first-order valence-electron chi connectivity index (χ1n) is 7.66. The third-order valence-electron chi connectivity index (χ3n) is 3.92. The number of rotatable bonds is 5. The third-order valence-corrected chi connectivity index (χ3v) is 5.45. The number of hydrogen-bond donors (Lipinski definition) is 1. The van der Waals surface area contributed by atoms with E-state index < -0.39 is 10.0 Å². The maximum absolute atomic E-state index is 12.4. The Morgan fingerprint density at radius 3 is 2.29 bits per heavy atom. The minimum atomic E-state index is -3.39. The summed E-state index contributed by atoms with van der Waals surface area (Å²) in [7, 11) is -1.32. The number of piperidine rings is 1. The number of sulfonamides is 1. The molecule has 1 aromatic carbocycles. The van der Waals surface area contributed by atoms with Crippen molar-refractivity contribution < 1.29 is 8.42 Å². The predicted molar refractivity (Wildman–Crippen MR) is 85.8 cm³/mol. The Kier molecular flexibility index (Phi) is 5.41. The number of nitrogens with zero attached hydrogens (tertiary/aromatic N) is 1. The molecule has 0 saturated carbocycles. The fourth-order valence-corrected chi connectivity index (χ4v) is 3.99. The van der Waals surface area contributed by atoms with E-state index in [1.54, 1.807) is 12.1 Å². The number of hydrogen-bond acceptors (Lipinski definition) is 3. The van der Waals surface area contributed by atoms with Crippen LogP contribution in [0.1, 0.15) is 32.3 Å². The van der Waals surface area contributed by atoms with Gasteiger partial charge in [-0.3, -0.25) is 0 Å². The number of nitrogens with one attached hydrogen (secondary N) is 1. The normalized spacial score (nSPS) is 18.3. The Bertz CT molecular complexity index is 544. The fourth-order valence-electron chi connectivity index (χ4n) is 2.69. The molecule has 21 heavy (non-hydrogen) atoms. The van der Waals surface area contributed by atoms with Crippen molar-refractivity contribution >= 4 is 10.0 Å². The Labute approximate surface area is 128 Å². The van der Waals surface area contributed by atoms with Gasteiger partial charge in [0.25, 0.3) is 0 Å². The van der Waals surface area contributed by atoms with Crippen LogP contribution in [0.15, 0.2) is 29.2 Å². The second-order valence-corrected chi connectivity index (χ2v) is 8.15. The van der Waals surface area contributed by atoms with Crippen molar-refractivity contribution in [3.8, 4) is 0 Å². The molecule has 0 atom stereocenters. The van der Waals surface area contributed by atoms with Crippen LogP contribution in [0.2, 0.25) is 0 Å². The Morgan fingerprint density at radius 1 is 1.19 bits per heavy atom. The zero-order valence-corrected chi connectivity index (χ0v) is 14.0. The van der Waals surface area contributed by atoms with E-state index >= 15 is 0 Å². The van der Waals surface area contributed by atoms with E-state index in [-0.39, 0.29) is 6.04 Å². The summed E-state index contributed by atoms with van der Waals surface area (Å²) in [6.45, 7) is 6.21. The summed E-state index contributed by atoms with van der Waals surface area (Å²) >= 11 is 0. The Hall–Kier alpha value is -0.910. The molecule has 1 N–H and O–H groups in total. The van der Waals surface area contributed by atoms with E-state index in [1.807, 2.05) is 12.1 Å². The highest BCUT2D eigenvalue weighted by atomic mass is 32.2. The maximum atomic E-state index is 12.4. The van der Waals surface area contributed by atoms with E-state index in [0.29, 0.717) is 10.8 Å². The number of likely N-dealkylation sites (tertiary alicyclic amines) is 1. The lowest BCUT2D eigenvalue weighted by Crippen LogP contribution is -2.43. The highest BCUT2D eigenvalue weighted by Crippen LogP contribution is 2.16. The van der Waals surface area contributed by atoms with Gasteiger partial charge in [-0.25, -0.2) is 13.1 Å². The first kappa shape index (κ1) is 16.5. The van der Waals surface area contributed by atoms with Gasteiger partial charge in [-0.15, -0.1) is 0 Å². The van der Waals surface area contributed by atoms with Crippen LogP contribution < -0.4 is 4.72 Å². The molecule has 0 aliphatic carbocycles. The SMILES string of the molecule is CC(C)Cc1ccc(S(=O)(=O)NC2CCN(C)CC2)cc1. The van der Waals surface area contributed by atoms with Gasteiger partial charge < -0.3 is 4.90 Å². The first-order chi connectivity index (χ1) is 9.87. The van der Waals surface area contributed by atoms with Crippen LogP contribution in [-0.2, 0) is 16.4 Å². The molecule has 1 aromatic rings. The Morgan fingerprint density at radius 2 is 1.76 bits per heavy atom. The molecule has 5 heteroatoms. The number of benzene rings is 1. The highest BCUT2D eigenvalue weighted by molar-refractivity contribution is 7.89. The molecule has 1 aliphatic heterocycles. The Balaban J connectivity index is 2.02. The van der Waals surface area contributed by atoms with Gasteiger partial charge in [0.15, 0.2) is 0 Å². The van der Waals surface area contributed by atoms with Crippen LogP contribution in [0, 0.1) is 5.92 Å². The molecule has 1 heterocycles. The van der Waals surface area contributed by atoms with E-state index in [1.165, 1.54) is 5.56 Å². The van der Waals surface area contributed by atoms with Crippen LogP contribution >= 0.6 is 0 Å². The van der Waals surface area contributed by atoms with Crippen molar-refractivity contribution in [2.45, 2.75) is 44.0 Å². The van der Waals surface area contributed by atoms with Crippen LogP contribution in [0.5, 0.6) is 0 Å². The molecule has 2 rings (SSSR count). The maximum Gasteiger partial charge on any atom is 0.240 e. The quantitative estimate of drug-likeness (QED) is 0.907. The van der Waals surface area contributed by atoms with Gasteiger partial charge in [0.1, 0.15) is 0 Å². The molecular weight excluding hydrogens is 284 g/mol. The summed E-state index contributed by atoms with van der Waals surface area (Å²) in [6, 6.07) is 7.33. The molecule has 0 unspecified atom stereocenters. The van der Waals surface area contributed by atoms with Gasteiger partial charge in [0.05, 0.1) is 4.90 Å². The van der Waals surface area contributed by atoms with Gasteiger partial charge in [-0.05, 0) is 63.0 Å². The van der Waals surface area contributed by atoms with Crippen LogP contribution in [-0.4, -0.2) is 39.5 Å². The first-order valence-corrected chi connectivity index (χ1v) is 9.15. The van der Waals surface area contributed by atoms with Gasteiger partial charge in [0, 0.05) is 6.04 Å². The van der Waals surface area contributed by atoms with Crippen molar-refractivity contribution in [3.05, 3.63) is 29.8 Å². The third kappa shape index (κ3) is 4.80. The van der Waals surface area contributed by atoms with Crippen molar-refractivity contribution in [3.63, 3.8) is 0 Å². The van der Waals surface area contributed by atoms with E-state index in [2.05, 4.69) is 30.5 Å². The zero-order valence-electron chi connectivity index (χ0n) is 13.2. The van der Waals surface area contributed by atoms with Crippen molar-refractivity contribution in [1.29, 1.82) is 0 Å². The summed E-state index contributed by atoms with van der Waals surface area (Å²) in [6.07, 6.45) is 2.73. The molecule has 0 bridgehead atoms. The summed E-state index contributed by atoms with van der Waals surface area (Å²) in [5.41, 5.74) is 1.18. The molecule has 1 fully saturated rings. The molecule has 0 amide bonds. The van der Waals surface area contributed by atoms with Crippen molar-refractivity contribution in [2.75, 3.05) is 20.1 Å². The summed E-state index contributed by atoms with van der Waals surface area (Å²) in [5, 5.41) is 0. The smallest absolute Gasteiger partial charge is 0.240 e. The van der Waals surface area contributed by atoms with E-state index in [4.69, 9.17) is 0 Å². The molecule has 4 nitrogen and oxygen atoms in total. The average Bonchev–Trinajstić information content (AvgIpc) is 2.41. The van der Waals surface area contributed by atoms with Crippen molar-refractivity contribution in [2.24, 2.45) is 5.92 Å². The minimum Gasteiger partial charge on any atom is -0.306 e. The monoisotopic (exact) mass is 310 g/mol. The molecule has 0 radical (unpaired) electrons. The average molecular weight is 310 g/mol. The van der Waals surface area contributed by atoms with Gasteiger partial charge in [-0.2, -0.15) is 0 Å². The van der Waals surface area contributed by atoms with Gasteiger partial charge in [-0.1, -0.05) is 26.0 Å². The van der Waals surface area contributed by atoms with E-state index in [0.717, 1.165) is 32.4 Å². The second kappa shape index (κ2) is 6.90. The summed E-state index contributed by atoms with van der Waals surface area (Å²) in [5.74, 6) is 0.574. The van der Waals surface area contributed by atoms with Gasteiger partial charge >= 0.3 is 0 Å². The lowest BCUT2D eigenvalue weighted by atomic mass is 10.0. The second-order valence-electron chi connectivity index (χ2n) is 6.44. The molecule has 1 aliphatic rings. The summed E-state index contributed by atoms with van der Waals surface area (Å²) in [4.78, 5) is 2.60. The molecule has 0 spiro atoms. The van der Waals surface area contributed by atoms with Crippen LogP contribution in [0.4, 0.5) is 0 Å². The molecule has 1 saturated heterocycles.